The number of carbonyl (C=O) groups is 1. The van der Waals surface area contributed by atoms with E-state index in [1.165, 1.54) is 0 Å². The number of rotatable bonds is 3. The van der Waals surface area contributed by atoms with Crippen molar-refractivity contribution in [1.29, 1.82) is 0 Å². The maximum absolute atomic E-state index is 13.4. The van der Waals surface area contributed by atoms with Gasteiger partial charge in [0.25, 0.3) is 5.91 Å². The first-order valence-electron chi connectivity index (χ1n) is 7.87. The number of carbonyl (C=O) groups excluding carboxylic acids is 1. The Balaban J connectivity index is 1.81. The Bertz CT molecular complexity index is 934. The molecule has 0 N–H and O–H groups in total. The molecule has 0 aliphatic carbocycles. The van der Waals surface area contributed by atoms with Crippen LogP contribution in [0.2, 0.25) is 10.0 Å². The minimum absolute atomic E-state index is 0.0576. The van der Waals surface area contributed by atoms with E-state index in [1.807, 2.05) is 48.0 Å². The molecule has 0 saturated heterocycles. The van der Waals surface area contributed by atoms with Crippen molar-refractivity contribution < 1.29 is 4.79 Å². The molecule has 0 radical (unpaired) electrons. The normalized spacial score (nSPS) is 19.3. The van der Waals surface area contributed by atoms with Gasteiger partial charge in [-0.1, -0.05) is 53.5 Å². The molecular formula is C19H15Cl2N3O. The van der Waals surface area contributed by atoms with E-state index >= 15 is 0 Å². The fourth-order valence-electron chi connectivity index (χ4n) is 3.34. The monoisotopic (exact) mass is 371 g/mol. The Morgan fingerprint density at radius 3 is 2.44 bits per heavy atom. The second-order valence-corrected chi connectivity index (χ2v) is 7.17. The molecule has 0 bridgehead atoms. The average Bonchev–Trinajstić information content (AvgIpc) is 3.11. The van der Waals surface area contributed by atoms with Crippen molar-refractivity contribution in [3.63, 3.8) is 0 Å². The molecule has 1 unspecified atom stereocenters. The number of imidazole rings is 1. The predicted molar refractivity (Wildman–Crippen MR) is 99.6 cm³/mol. The van der Waals surface area contributed by atoms with Crippen LogP contribution in [0.4, 0.5) is 11.6 Å². The maximum atomic E-state index is 13.4. The number of nitrogens with zero attached hydrogens (tertiary/aromatic N) is 3. The summed E-state index contributed by atoms with van der Waals surface area (Å²) in [7, 11) is 0. The van der Waals surface area contributed by atoms with Crippen molar-refractivity contribution in [2.75, 3.05) is 4.90 Å². The van der Waals surface area contributed by atoms with Gasteiger partial charge in [-0.05, 0) is 30.7 Å². The summed E-state index contributed by atoms with van der Waals surface area (Å²) in [6, 6.07) is 15.0. The molecule has 2 heterocycles. The van der Waals surface area contributed by atoms with Crippen LogP contribution in [0, 0.1) is 0 Å². The van der Waals surface area contributed by atoms with Crippen molar-refractivity contribution in [2.24, 2.45) is 0 Å². The number of amides is 1. The molecule has 1 aliphatic rings. The van der Waals surface area contributed by atoms with E-state index in [1.54, 1.807) is 29.3 Å². The summed E-state index contributed by atoms with van der Waals surface area (Å²) in [5.74, 6) is 0.513. The molecule has 2 aromatic carbocycles. The van der Waals surface area contributed by atoms with Crippen LogP contribution in [0.1, 0.15) is 12.5 Å². The first kappa shape index (κ1) is 16.2. The second-order valence-electron chi connectivity index (χ2n) is 6.30. The highest BCUT2D eigenvalue weighted by atomic mass is 35.5. The van der Waals surface area contributed by atoms with Gasteiger partial charge in [-0.3, -0.25) is 4.79 Å². The van der Waals surface area contributed by atoms with Crippen molar-refractivity contribution in [2.45, 2.75) is 18.9 Å². The molecule has 0 saturated carbocycles. The van der Waals surface area contributed by atoms with E-state index < -0.39 is 5.54 Å². The Morgan fingerprint density at radius 2 is 1.76 bits per heavy atom. The van der Waals surface area contributed by atoms with Crippen LogP contribution in [0.15, 0.2) is 60.9 Å². The lowest BCUT2D eigenvalue weighted by atomic mass is 9.92. The molecule has 4 rings (SSSR count). The number of anilines is 2. The van der Waals surface area contributed by atoms with E-state index in [0.717, 1.165) is 5.56 Å². The summed E-state index contributed by atoms with van der Waals surface area (Å²) in [5, 5.41) is 0.954. The van der Waals surface area contributed by atoms with E-state index in [4.69, 9.17) is 23.2 Å². The van der Waals surface area contributed by atoms with Gasteiger partial charge in [-0.2, -0.15) is 0 Å². The Morgan fingerprint density at radius 1 is 1.08 bits per heavy atom. The molecule has 6 heteroatoms. The predicted octanol–water partition coefficient (Wildman–Crippen LogP) is 4.83. The van der Waals surface area contributed by atoms with Crippen molar-refractivity contribution in [3.05, 3.63) is 76.5 Å². The van der Waals surface area contributed by atoms with Crippen LogP contribution in [0.25, 0.3) is 0 Å². The number of halogens is 2. The summed E-state index contributed by atoms with van der Waals surface area (Å²) >= 11 is 12.3. The molecule has 4 nitrogen and oxygen atoms in total. The summed E-state index contributed by atoms with van der Waals surface area (Å²) in [6.07, 6.45) is 4.10. The highest BCUT2D eigenvalue weighted by Crippen LogP contribution is 2.41. The number of aromatic nitrogens is 2. The van der Waals surface area contributed by atoms with Crippen LogP contribution >= 0.6 is 23.2 Å². The molecule has 0 fully saturated rings. The quantitative estimate of drug-likeness (QED) is 0.661. The third-order valence-electron chi connectivity index (χ3n) is 4.51. The Kier molecular flexibility index (Phi) is 3.82. The van der Waals surface area contributed by atoms with Gasteiger partial charge in [0.05, 0.1) is 5.69 Å². The van der Waals surface area contributed by atoms with Gasteiger partial charge in [0, 0.05) is 28.9 Å². The van der Waals surface area contributed by atoms with E-state index in [-0.39, 0.29) is 5.91 Å². The smallest absolute Gasteiger partial charge is 0.260 e. The zero-order valence-electron chi connectivity index (χ0n) is 13.5. The van der Waals surface area contributed by atoms with E-state index in [2.05, 4.69) is 4.98 Å². The van der Waals surface area contributed by atoms with Gasteiger partial charge < -0.3 is 4.57 Å². The SMILES string of the molecule is CC1(Cc2ccccc2)C(=O)N(c2cc(Cl)cc(Cl)c2)c2nccn21. The van der Waals surface area contributed by atoms with Gasteiger partial charge in [0.2, 0.25) is 5.95 Å². The number of fused-ring (bicyclic) bond motifs is 1. The van der Waals surface area contributed by atoms with E-state index in [9.17, 15) is 4.79 Å². The number of benzene rings is 2. The molecule has 25 heavy (non-hydrogen) atoms. The van der Waals surface area contributed by atoms with Gasteiger partial charge in [-0.25, -0.2) is 9.88 Å². The third-order valence-corrected chi connectivity index (χ3v) is 4.95. The molecule has 3 aromatic rings. The zero-order chi connectivity index (χ0) is 17.6. The molecule has 126 valence electrons. The highest BCUT2D eigenvalue weighted by molar-refractivity contribution is 6.35. The number of hydrogen-bond acceptors (Lipinski definition) is 2. The fourth-order valence-corrected chi connectivity index (χ4v) is 3.85. The standard InChI is InChI=1S/C19H15Cl2N3O/c1-19(12-13-5-3-2-4-6-13)17(25)24(18-22-7-8-23(18)19)16-10-14(20)9-15(21)11-16/h2-11H,12H2,1H3. The topological polar surface area (TPSA) is 38.1 Å². The van der Waals surface area contributed by atoms with Crippen LogP contribution in [0.3, 0.4) is 0 Å². The lowest BCUT2D eigenvalue weighted by molar-refractivity contribution is -0.123. The minimum atomic E-state index is -0.762. The third kappa shape index (κ3) is 2.62. The molecule has 1 aromatic heterocycles. The number of hydrogen-bond donors (Lipinski definition) is 0. The van der Waals surface area contributed by atoms with Crippen molar-refractivity contribution >= 4 is 40.7 Å². The van der Waals surface area contributed by atoms with Gasteiger partial charge in [-0.15, -0.1) is 0 Å². The summed E-state index contributed by atoms with van der Waals surface area (Å²) in [6.45, 7) is 1.93. The van der Waals surface area contributed by atoms with Crippen LogP contribution < -0.4 is 4.90 Å². The summed E-state index contributed by atoms with van der Waals surface area (Å²) < 4.78 is 1.91. The maximum Gasteiger partial charge on any atom is 0.260 e. The molecule has 1 aliphatic heterocycles. The highest BCUT2D eigenvalue weighted by Gasteiger charge is 2.48. The first-order valence-corrected chi connectivity index (χ1v) is 8.63. The largest absolute Gasteiger partial charge is 0.301 e. The van der Waals surface area contributed by atoms with Crippen LogP contribution in [0.5, 0.6) is 0 Å². The fraction of sp³-hybridized carbons (Fsp3) is 0.158. The molecule has 1 amide bonds. The molecule has 0 spiro atoms. The lowest BCUT2D eigenvalue weighted by Gasteiger charge is -2.25. The van der Waals surface area contributed by atoms with Crippen molar-refractivity contribution in [3.8, 4) is 0 Å². The van der Waals surface area contributed by atoms with Crippen LogP contribution in [-0.4, -0.2) is 15.5 Å². The lowest BCUT2D eigenvalue weighted by Crippen LogP contribution is -2.40. The van der Waals surface area contributed by atoms with Crippen LogP contribution in [-0.2, 0) is 16.8 Å². The Labute approximate surface area is 155 Å². The average molecular weight is 372 g/mol. The van der Waals surface area contributed by atoms with E-state index in [0.29, 0.717) is 28.1 Å². The molecular weight excluding hydrogens is 357 g/mol. The second kappa shape index (κ2) is 5.90. The first-order chi connectivity index (χ1) is 12.0. The van der Waals surface area contributed by atoms with Gasteiger partial charge in [0.15, 0.2) is 0 Å². The minimum Gasteiger partial charge on any atom is -0.301 e. The Hall–Kier alpha value is -2.30. The van der Waals surface area contributed by atoms with Gasteiger partial charge >= 0.3 is 0 Å². The summed E-state index contributed by atoms with van der Waals surface area (Å²) in [4.78, 5) is 19.3. The zero-order valence-corrected chi connectivity index (χ0v) is 15.0. The van der Waals surface area contributed by atoms with Gasteiger partial charge in [0.1, 0.15) is 5.54 Å². The molecule has 1 atom stereocenters. The summed E-state index contributed by atoms with van der Waals surface area (Å²) in [5.41, 5.74) is 0.942. The van der Waals surface area contributed by atoms with Crippen molar-refractivity contribution in [1.82, 2.24) is 9.55 Å².